The lowest BCUT2D eigenvalue weighted by Gasteiger charge is -2.18. The summed E-state index contributed by atoms with van der Waals surface area (Å²) in [5.74, 6) is 0.802. The summed E-state index contributed by atoms with van der Waals surface area (Å²) < 4.78 is 32.6. The van der Waals surface area contributed by atoms with Gasteiger partial charge < -0.3 is 15.4 Å². The minimum Gasteiger partial charge on any atom is -0.496 e. The summed E-state index contributed by atoms with van der Waals surface area (Å²) in [4.78, 5) is 11.7. The molecule has 148 valence electrons. The van der Waals surface area contributed by atoms with E-state index in [0.29, 0.717) is 36.7 Å². The molecule has 0 spiro atoms. The maximum absolute atomic E-state index is 12.9. The SMILES string of the molecule is CCC(=O)NCc1cc(S(=O)(=O)N2CCC(CNC)C2)ccc1OC.Cl. The Morgan fingerprint density at radius 3 is 2.73 bits per heavy atom. The van der Waals surface area contributed by atoms with Crippen molar-refractivity contribution in [2.75, 3.05) is 33.8 Å². The van der Waals surface area contributed by atoms with Crippen LogP contribution < -0.4 is 15.4 Å². The first-order chi connectivity index (χ1) is 11.9. The highest BCUT2D eigenvalue weighted by Crippen LogP contribution is 2.28. The number of nitrogens with one attached hydrogen (secondary N) is 2. The number of ether oxygens (including phenoxy) is 1. The molecule has 2 N–H and O–H groups in total. The van der Waals surface area contributed by atoms with Gasteiger partial charge in [0, 0.05) is 31.6 Å². The van der Waals surface area contributed by atoms with Gasteiger partial charge >= 0.3 is 0 Å². The maximum Gasteiger partial charge on any atom is 0.243 e. The van der Waals surface area contributed by atoms with Crippen molar-refractivity contribution in [1.82, 2.24) is 14.9 Å². The second-order valence-corrected chi connectivity index (χ2v) is 8.12. The fraction of sp³-hybridized carbons (Fsp3) is 0.588. The van der Waals surface area contributed by atoms with E-state index in [1.165, 1.54) is 11.4 Å². The number of hydrogen-bond acceptors (Lipinski definition) is 5. The molecule has 2 rings (SSSR count). The van der Waals surface area contributed by atoms with Crippen molar-refractivity contribution in [2.24, 2.45) is 5.92 Å². The number of hydrogen-bond donors (Lipinski definition) is 2. The molecule has 1 fully saturated rings. The van der Waals surface area contributed by atoms with Gasteiger partial charge in [0.05, 0.1) is 12.0 Å². The van der Waals surface area contributed by atoms with Crippen LogP contribution in [0.1, 0.15) is 25.3 Å². The fourth-order valence-corrected chi connectivity index (χ4v) is 4.57. The molecule has 1 aromatic rings. The van der Waals surface area contributed by atoms with E-state index in [-0.39, 0.29) is 29.8 Å². The summed E-state index contributed by atoms with van der Waals surface area (Å²) in [6, 6.07) is 4.79. The van der Waals surface area contributed by atoms with Crippen molar-refractivity contribution in [2.45, 2.75) is 31.2 Å². The first-order valence-electron chi connectivity index (χ1n) is 8.50. The zero-order valence-electron chi connectivity index (χ0n) is 15.4. The normalized spacial score (nSPS) is 17.6. The highest BCUT2D eigenvalue weighted by atomic mass is 35.5. The first kappa shape index (κ1) is 22.7. The van der Waals surface area contributed by atoms with Crippen molar-refractivity contribution in [1.29, 1.82) is 0 Å². The molecule has 7 nitrogen and oxygen atoms in total. The van der Waals surface area contributed by atoms with E-state index < -0.39 is 10.0 Å². The van der Waals surface area contributed by atoms with Crippen LogP contribution in [0.4, 0.5) is 0 Å². The highest BCUT2D eigenvalue weighted by Gasteiger charge is 2.32. The van der Waals surface area contributed by atoms with Gasteiger partial charge in [0.15, 0.2) is 0 Å². The zero-order chi connectivity index (χ0) is 18.4. The van der Waals surface area contributed by atoms with Crippen LogP contribution in [0.2, 0.25) is 0 Å². The van der Waals surface area contributed by atoms with E-state index in [0.717, 1.165) is 13.0 Å². The van der Waals surface area contributed by atoms with Crippen LogP contribution in [-0.2, 0) is 21.4 Å². The topological polar surface area (TPSA) is 87.7 Å². The molecule has 0 bridgehead atoms. The largest absolute Gasteiger partial charge is 0.496 e. The van der Waals surface area contributed by atoms with E-state index in [4.69, 9.17) is 4.74 Å². The number of carbonyl (C=O) groups is 1. The van der Waals surface area contributed by atoms with Crippen LogP contribution in [0.25, 0.3) is 0 Å². The van der Waals surface area contributed by atoms with Crippen LogP contribution in [0.3, 0.4) is 0 Å². The summed E-state index contributed by atoms with van der Waals surface area (Å²) in [5.41, 5.74) is 0.649. The molecule has 0 saturated carbocycles. The Balaban J connectivity index is 0.00000338. The average Bonchev–Trinajstić information content (AvgIpc) is 3.09. The Labute approximate surface area is 161 Å². The molecule has 1 aliphatic heterocycles. The summed E-state index contributed by atoms with van der Waals surface area (Å²) in [5, 5.41) is 5.86. The first-order valence-corrected chi connectivity index (χ1v) is 9.94. The van der Waals surface area contributed by atoms with Crippen LogP contribution in [-0.4, -0.2) is 52.4 Å². The van der Waals surface area contributed by atoms with E-state index in [1.807, 2.05) is 7.05 Å². The Morgan fingerprint density at radius 1 is 1.38 bits per heavy atom. The average molecular weight is 406 g/mol. The standard InChI is InChI=1S/C17H27N3O4S.ClH/c1-4-17(21)19-11-14-9-15(5-6-16(14)24-3)25(22,23)20-8-7-13(12-20)10-18-2;/h5-6,9,13,18H,4,7-8,10-12H2,1-3H3,(H,19,21);1H. The van der Waals surface area contributed by atoms with Gasteiger partial charge in [-0.3, -0.25) is 4.79 Å². The van der Waals surface area contributed by atoms with Gasteiger partial charge in [0.2, 0.25) is 15.9 Å². The van der Waals surface area contributed by atoms with Gasteiger partial charge in [0.25, 0.3) is 0 Å². The lowest BCUT2D eigenvalue weighted by molar-refractivity contribution is -0.120. The number of sulfonamides is 1. The lowest BCUT2D eigenvalue weighted by atomic mass is 10.1. The smallest absolute Gasteiger partial charge is 0.243 e. The molecule has 1 aromatic carbocycles. The Hall–Kier alpha value is -1.35. The summed E-state index contributed by atoms with van der Waals surface area (Å²) in [7, 11) is -0.146. The molecule has 1 saturated heterocycles. The van der Waals surface area contributed by atoms with Gasteiger partial charge in [0.1, 0.15) is 5.75 Å². The monoisotopic (exact) mass is 405 g/mol. The molecular weight excluding hydrogens is 378 g/mol. The maximum atomic E-state index is 12.9. The number of methoxy groups -OCH3 is 1. The zero-order valence-corrected chi connectivity index (χ0v) is 17.1. The van der Waals surface area contributed by atoms with Gasteiger partial charge in [-0.15, -0.1) is 12.4 Å². The predicted molar refractivity (Wildman–Crippen MR) is 103 cm³/mol. The number of nitrogens with zero attached hydrogens (tertiary/aromatic N) is 1. The number of benzene rings is 1. The van der Waals surface area contributed by atoms with Crippen molar-refractivity contribution < 1.29 is 17.9 Å². The van der Waals surface area contributed by atoms with Crippen LogP contribution in [0.5, 0.6) is 5.75 Å². The fourth-order valence-electron chi connectivity index (χ4n) is 2.99. The summed E-state index contributed by atoms with van der Waals surface area (Å²) in [6.45, 7) is 3.87. The van der Waals surface area contributed by atoms with Gasteiger partial charge in [-0.2, -0.15) is 4.31 Å². The second kappa shape index (κ2) is 10.1. The number of amides is 1. The molecule has 1 atom stereocenters. The van der Waals surface area contributed by atoms with Gasteiger partial charge in [-0.05, 0) is 44.1 Å². The summed E-state index contributed by atoms with van der Waals surface area (Å²) in [6.07, 6.45) is 1.23. The minimum atomic E-state index is -3.54. The van der Waals surface area contributed by atoms with Crippen LogP contribution in [0, 0.1) is 5.92 Å². The Bertz CT molecular complexity index is 712. The van der Waals surface area contributed by atoms with Crippen LogP contribution >= 0.6 is 12.4 Å². The third-order valence-electron chi connectivity index (χ3n) is 4.43. The molecule has 9 heteroatoms. The molecule has 26 heavy (non-hydrogen) atoms. The van der Waals surface area contributed by atoms with E-state index in [9.17, 15) is 13.2 Å². The number of halogens is 1. The molecule has 0 aliphatic carbocycles. The highest BCUT2D eigenvalue weighted by molar-refractivity contribution is 7.89. The third kappa shape index (κ3) is 5.33. The lowest BCUT2D eigenvalue weighted by Crippen LogP contribution is -2.30. The molecular formula is C17H28ClN3O4S. The van der Waals surface area contributed by atoms with E-state index in [2.05, 4.69) is 10.6 Å². The Morgan fingerprint density at radius 2 is 2.12 bits per heavy atom. The number of carbonyl (C=O) groups excluding carboxylic acids is 1. The molecule has 1 amide bonds. The minimum absolute atomic E-state index is 0. The Kier molecular flexibility index (Phi) is 8.82. The number of rotatable bonds is 8. The third-order valence-corrected chi connectivity index (χ3v) is 6.29. The molecule has 1 heterocycles. The van der Waals surface area contributed by atoms with Crippen molar-refractivity contribution >= 4 is 28.3 Å². The van der Waals surface area contributed by atoms with E-state index in [1.54, 1.807) is 25.1 Å². The summed E-state index contributed by atoms with van der Waals surface area (Å²) >= 11 is 0. The van der Waals surface area contributed by atoms with Crippen molar-refractivity contribution in [3.63, 3.8) is 0 Å². The second-order valence-electron chi connectivity index (χ2n) is 6.18. The molecule has 1 aliphatic rings. The van der Waals surface area contributed by atoms with Gasteiger partial charge in [-0.1, -0.05) is 6.92 Å². The molecule has 0 radical (unpaired) electrons. The molecule has 1 unspecified atom stereocenters. The van der Waals surface area contributed by atoms with Crippen molar-refractivity contribution in [3.8, 4) is 5.75 Å². The molecule has 0 aromatic heterocycles. The van der Waals surface area contributed by atoms with Crippen molar-refractivity contribution in [3.05, 3.63) is 23.8 Å². The van der Waals surface area contributed by atoms with Crippen LogP contribution in [0.15, 0.2) is 23.1 Å². The quantitative estimate of drug-likeness (QED) is 0.682. The predicted octanol–water partition coefficient (Wildman–Crippen LogP) is 1.37. The van der Waals surface area contributed by atoms with Gasteiger partial charge in [-0.25, -0.2) is 8.42 Å². The van der Waals surface area contributed by atoms with E-state index >= 15 is 0 Å².